The topological polar surface area (TPSA) is 38.7 Å². The van der Waals surface area contributed by atoms with E-state index in [0.29, 0.717) is 17.5 Å². The molecule has 0 aliphatic rings. The molecule has 7 aromatic carbocycles. The fourth-order valence-corrected chi connectivity index (χ4v) is 7.75. The normalized spacial score (nSPS) is 11.3. The first-order valence-electron chi connectivity index (χ1n) is 16.4. The Morgan fingerprint density at radius 2 is 0.796 bits per heavy atom. The van der Waals surface area contributed by atoms with E-state index in [9.17, 15) is 0 Å². The molecular weight excluding hydrogens is 615 g/mol. The monoisotopic (exact) mass is 643 g/mol. The predicted octanol–water partition coefficient (Wildman–Crippen LogP) is 12.2. The average Bonchev–Trinajstić information content (AvgIpc) is 3.58. The van der Waals surface area contributed by atoms with Gasteiger partial charge in [-0.1, -0.05) is 158 Å². The molecule has 2 heterocycles. The van der Waals surface area contributed by atoms with Crippen LogP contribution in [-0.4, -0.2) is 15.0 Å². The number of hydrogen-bond donors (Lipinski definition) is 0. The fourth-order valence-electron chi connectivity index (χ4n) is 6.54. The zero-order chi connectivity index (χ0) is 32.6. The van der Waals surface area contributed by atoms with Gasteiger partial charge in [-0.3, -0.25) is 0 Å². The molecule has 0 amide bonds. The van der Waals surface area contributed by atoms with Crippen molar-refractivity contribution in [1.82, 2.24) is 15.0 Å². The van der Waals surface area contributed by atoms with Crippen LogP contribution in [0.1, 0.15) is 0 Å². The van der Waals surface area contributed by atoms with Crippen LogP contribution in [0, 0.1) is 0 Å². The zero-order valence-electron chi connectivity index (χ0n) is 26.5. The molecule has 0 N–H and O–H groups in total. The fraction of sp³-hybridized carbons (Fsp3) is 0. The molecule has 0 saturated heterocycles. The largest absolute Gasteiger partial charge is 0.208 e. The lowest BCUT2D eigenvalue weighted by Crippen LogP contribution is -2.01. The Morgan fingerprint density at radius 3 is 1.55 bits per heavy atom. The van der Waals surface area contributed by atoms with Crippen molar-refractivity contribution in [3.63, 3.8) is 0 Å². The first-order chi connectivity index (χ1) is 24.3. The van der Waals surface area contributed by atoms with Gasteiger partial charge in [-0.15, -0.1) is 11.3 Å². The van der Waals surface area contributed by atoms with Crippen LogP contribution >= 0.6 is 11.3 Å². The second kappa shape index (κ2) is 12.4. The Labute approximate surface area is 288 Å². The number of hydrogen-bond acceptors (Lipinski definition) is 4. The van der Waals surface area contributed by atoms with E-state index < -0.39 is 0 Å². The van der Waals surface area contributed by atoms with Crippen molar-refractivity contribution in [3.8, 4) is 67.5 Å². The first-order valence-corrected chi connectivity index (χ1v) is 17.2. The standard InChI is InChI=1S/C45H29N3S/c1-3-13-30(14-4-1)34-17-11-18-35(29-34)31-25-27-33(28-26-31)43-46-44(39-21-8-7-19-36(39)32-15-5-2-6-16-32)48-45(47-43)40-23-12-22-38-37-20-9-10-24-41(37)49-42(38)40/h1-29H. The van der Waals surface area contributed by atoms with Crippen LogP contribution in [0.25, 0.3) is 87.7 Å². The third-order valence-corrected chi connectivity index (χ3v) is 10.2. The molecule has 3 nitrogen and oxygen atoms in total. The summed E-state index contributed by atoms with van der Waals surface area (Å²) >= 11 is 1.79. The lowest BCUT2D eigenvalue weighted by atomic mass is 9.98. The molecule has 4 heteroatoms. The van der Waals surface area contributed by atoms with Crippen molar-refractivity contribution in [2.24, 2.45) is 0 Å². The Hall–Kier alpha value is -6.23. The molecule has 0 bridgehead atoms. The lowest BCUT2D eigenvalue weighted by molar-refractivity contribution is 1.08. The van der Waals surface area contributed by atoms with Crippen LogP contribution < -0.4 is 0 Å². The molecule has 0 unspecified atom stereocenters. The van der Waals surface area contributed by atoms with Gasteiger partial charge in [0, 0.05) is 36.9 Å². The van der Waals surface area contributed by atoms with E-state index in [1.807, 2.05) is 12.1 Å². The maximum Gasteiger partial charge on any atom is 0.165 e. The molecule has 0 fully saturated rings. The molecule has 0 aliphatic carbocycles. The smallest absolute Gasteiger partial charge is 0.165 e. The number of fused-ring (bicyclic) bond motifs is 3. The van der Waals surface area contributed by atoms with Gasteiger partial charge in [0.15, 0.2) is 17.5 Å². The van der Waals surface area contributed by atoms with Gasteiger partial charge in [-0.25, -0.2) is 15.0 Å². The molecule has 0 aliphatic heterocycles. The number of aromatic nitrogens is 3. The van der Waals surface area contributed by atoms with E-state index in [1.54, 1.807) is 11.3 Å². The highest BCUT2D eigenvalue weighted by Gasteiger charge is 2.18. The second-order valence-corrected chi connectivity index (χ2v) is 13.1. The van der Waals surface area contributed by atoms with Crippen molar-refractivity contribution >= 4 is 31.5 Å². The van der Waals surface area contributed by atoms with Crippen LogP contribution in [0.2, 0.25) is 0 Å². The van der Waals surface area contributed by atoms with E-state index >= 15 is 0 Å². The summed E-state index contributed by atoms with van der Waals surface area (Å²) in [4.78, 5) is 15.5. The highest BCUT2D eigenvalue weighted by atomic mass is 32.1. The molecular formula is C45H29N3S. The van der Waals surface area contributed by atoms with Gasteiger partial charge in [0.05, 0.1) is 0 Å². The highest BCUT2D eigenvalue weighted by molar-refractivity contribution is 7.26. The van der Waals surface area contributed by atoms with Crippen LogP contribution in [0.4, 0.5) is 0 Å². The van der Waals surface area contributed by atoms with E-state index in [2.05, 4.69) is 164 Å². The number of nitrogens with zero attached hydrogens (tertiary/aromatic N) is 3. The number of thiophene rings is 1. The summed E-state index contributed by atoms with van der Waals surface area (Å²) in [5.41, 5.74) is 9.83. The summed E-state index contributed by atoms with van der Waals surface area (Å²) in [5, 5.41) is 2.47. The third kappa shape index (κ3) is 5.48. The molecule has 2 aromatic heterocycles. The van der Waals surface area contributed by atoms with Gasteiger partial charge in [-0.2, -0.15) is 0 Å². The molecule has 0 radical (unpaired) electrons. The van der Waals surface area contributed by atoms with Crippen molar-refractivity contribution in [1.29, 1.82) is 0 Å². The predicted molar refractivity (Wildman–Crippen MR) is 205 cm³/mol. The van der Waals surface area contributed by atoms with Gasteiger partial charge in [0.2, 0.25) is 0 Å². The minimum atomic E-state index is 0.644. The van der Waals surface area contributed by atoms with Crippen LogP contribution in [0.3, 0.4) is 0 Å². The maximum atomic E-state index is 5.19. The van der Waals surface area contributed by atoms with Gasteiger partial charge in [-0.05, 0) is 51.6 Å². The van der Waals surface area contributed by atoms with Crippen LogP contribution in [-0.2, 0) is 0 Å². The van der Waals surface area contributed by atoms with Gasteiger partial charge >= 0.3 is 0 Å². The van der Waals surface area contributed by atoms with Crippen molar-refractivity contribution in [2.45, 2.75) is 0 Å². The second-order valence-electron chi connectivity index (χ2n) is 12.0. The van der Waals surface area contributed by atoms with Crippen molar-refractivity contribution in [3.05, 3.63) is 176 Å². The number of benzene rings is 7. The average molecular weight is 644 g/mol. The molecule has 9 rings (SSSR count). The van der Waals surface area contributed by atoms with E-state index in [4.69, 9.17) is 15.0 Å². The molecule has 0 saturated carbocycles. The molecule has 230 valence electrons. The Kier molecular flexibility index (Phi) is 7.34. The summed E-state index contributed by atoms with van der Waals surface area (Å²) in [6.07, 6.45) is 0. The lowest BCUT2D eigenvalue weighted by Gasteiger charge is -2.12. The van der Waals surface area contributed by atoms with E-state index in [-0.39, 0.29) is 0 Å². The third-order valence-electron chi connectivity index (χ3n) is 8.98. The van der Waals surface area contributed by atoms with Crippen molar-refractivity contribution in [2.75, 3.05) is 0 Å². The molecule has 0 atom stereocenters. The highest BCUT2D eigenvalue weighted by Crippen LogP contribution is 2.40. The number of rotatable bonds is 6. The zero-order valence-corrected chi connectivity index (χ0v) is 27.3. The summed E-state index contributed by atoms with van der Waals surface area (Å²) in [6.45, 7) is 0. The summed E-state index contributed by atoms with van der Waals surface area (Å²) < 4.78 is 2.43. The summed E-state index contributed by atoms with van der Waals surface area (Å²) in [6, 6.07) is 61.5. The quantitative estimate of drug-likeness (QED) is 0.181. The molecule has 49 heavy (non-hydrogen) atoms. The van der Waals surface area contributed by atoms with Crippen molar-refractivity contribution < 1.29 is 0 Å². The van der Waals surface area contributed by atoms with Gasteiger partial charge < -0.3 is 0 Å². The SMILES string of the molecule is c1ccc(-c2cccc(-c3ccc(-c4nc(-c5ccccc5-c5ccccc5)nc(-c5cccc6c5sc5ccccc56)n4)cc3)c2)cc1. The maximum absolute atomic E-state index is 5.19. The summed E-state index contributed by atoms with van der Waals surface area (Å²) in [5.74, 6) is 1.96. The van der Waals surface area contributed by atoms with Crippen LogP contribution in [0.15, 0.2) is 176 Å². The Balaban J connectivity index is 1.19. The van der Waals surface area contributed by atoms with E-state index in [0.717, 1.165) is 38.9 Å². The van der Waals surface area contributed by atoms with Gasteiger partial charge in [0.25, 0.3) is 0 Å². The van der Waals surface area contributed by atoms with E-state index in [1.165, 1.54) is 31.3 Å². The molecule has 0 spiro atoms. The Morgan fingerprint density at radius 1 is 0.306 bits per heavy atom. The van der Waals surface area contributed by atoms with Crippen LogP contribution in [0.5, 0.6) is 0 Å². The Bertz CT molecular complexity index is 2590. The minimum Gasteiger partial charge on any atom is -0.208 e. The minimum absolute atomic E-state index is 0.644. The molecule has 9 aromatic rings. The van der Waals surface area contributed by atoms with Gasteiger partial charge in [0.1, 0.15) is 0 Å². The summed E-state index contributed by atoms with van der Waals surface area (Å²) in [7, 11) is 0. The first kappa shape index (κ1) is 29.0.